The van der Waals surface area contributed by atoms with Crippen molar-refractivity contribution in [3.8, 4) is 0 Å². The minimum atomic E-state index is -4.63. The molecule has 0 radical (unpaired) electrons. The van der Waals surface area contributed by atoms with E-state index in [-0.39, 0.29) is 24.7 Å². The van der Waals surface area contributed by atoms with Crippen LogP contribution in [0.15, 0.2) is 0 Å². The normalized spacial score (nSPS) is 16.7. The van der Waals surface area contributed by atoms with Crippen molar-refractivity contribution in [2.24, 2.45) is 5.41 Å². The second kappa shape index (κ2) is 9.43. The van der Waals surface area contributed by atoms with E-state index in [4.69, 9.17) is 19.3 Å². The topological polar surface area (TPSA) is 123 Å². The number of rotatable bonds is 10. The van der Waals surface area contributed by atoms with E-state index in [1.165, 1.54) is 4.31 Å². The van der Waals surface area contributed by atoms with Gasteiger partial charge in [-0.05, 0) is 33.1 Å². The van der Waals surface area contributed by atoms with Gasteiger partial charge in [0.2, 0.25) is 10.0 Å². The molecule has 0 aromatic rings. The first-order valence-electron chi connectivity index (χ1n) is 8.25. The van der Waals surface area contributed by atoms with E-state index in [1.54, 1.807) is 20.8 Å². The van der Waals surface area contributed by atoms with Crippen molar-refractivity contribution in [2.45, 2.75) is 66.2 Å². The highest BCUT2D eigenvalue weighted by Crippen LogP contribution is 2.35. The maximum absolute atomic E-state index is 12.2. The van der Waals surface area contributed by atoms with E-state index in [9.17, 15) is 13.0 Å². The SMILES string of the molecule is C[C@H](O[C@H](COCOP(=O)(O)O)CN(C(C)(C)C)S(C)(=O)=O)C(C)(C)C. The molecule has 0 amide bonds. The molecule has 26 heavy (non-hydrogen) atoms. The fourth-order valence-corrected chi connectivity index (χ4v) is 3.65. The Hall–Kier alpha value is -0.0600. The molecule has 0 aliphatic rings. The molecule has 0 aliphatic carbocycles. The van der Waals surface area contributed by atoms with Crippen LogP contribution in [0.2, 0.25) is 0 Å². The average Bonchev–Trinajstić information content (AvgIpc) is 2.35. The average molecular weight is 419 g/mol. The molecule has 0 aromatic carbocycles. The zero-order valence-corrected chi connectivity index (χ0v) is 18.6. The van der Waals surface area contributed by atoms with Crippen molar-refractivity contribution >= 4 is 17.8 Å². The highest BCUT2D eigenvalue weighted by molar-refractivity contribution is 7.88. The molecule has 0 saturated heterocycles. The van der Waals surface area contributed by atoms with Crippen LogP contribution in [-0.2, 0) is 28.6 Å². The van der Waals surface area contributed by atoms with Crippen LogP contribution in [0.25, 0.3) is 0 Å². The van der Waals surface area contributed by atoms with E-state index in [0.717, 1.165) is 6.26 Å². The summed E-state index contributed by atoms with van der Waals surface area (Å²) in [6.45, 7) is 12.5. The molecule has 2 atom stereocenters. The van der Waals surface area contributed by atoms with Gasteiger partial charge in [0.05, 0.1) is 25.1 Å². The molecule has 0 aliphatic heterocycles. The summed E-state index contributed by atoms with van der Waals surface area (Å²) in [5, 5.41) is 0. The molecule has 0 unspecified atom stereocenters. The van der Waals surface area contributed by atoms with E-state index < -0.39 is 36.3 Å². The number of phosphoric ester groups is 1. The van der Waals surface area contributed by atoms with Crippen LogP contribution in [-0.4, -0.2) is 66.5 Å². The first-order valence-corrected chi connectivity index (χ1v) is 11.6. The Labute approximate surface area is 157 Å². The molecule has 11 heteroatoms. The number of phosphoric acid groups is 1. The van der Waals surface area contributed by atoms with Crippen LogP contribution in [0.1, 0.15) is 48.5 Å². The maximum Gasteiger partial charge on any atom is 0.471 e. The Morgan fingerprint density at radius 2 is 1.62 bits per heavy atom. The summed E-state index contributed by atoms with van der Waals surface area (Å²) in [5.41, 5.74) is -0.846. The van der Waals surface area contributed by atoms with E-state index in [1.807, 2.05) is 27.7 Å². The predicted octanol–water partition coefficient (Wildman–Crippen LogP) is 1.95. The first kappa shape index (κ1) is 25.9. The van der Waals surface area contributed by atoms with Crippen molar-refractivity contribution in [3.05, 3.63) is 0 Å². The van der Waals surface area contributed by atoms with Gasteiger partial charge in [0.25, 0.3) is 0 Å². The van der Waals surface area contributed by atoms with Crippen molar-refractivity contribution < 1.29 is 36.8 Å². The Kier molecular flexibility index (Phi) is 9.40. The summed E-state index contributed by atoms with van der Waals surface area (Å²) in [6.07, 6.45) is 0.277. The fraction of sp³-hybridized carbons (Fsp3) is 1.00. The van der Waals surface area contributed by atoms with Crippen LogP contribution in [0.5, 0.6) is 0 Å². The van der Waals surface area contributed by atoms with Crippen molar-refractivity contribution in [1.82, 2.24) is 4.31 Å². The van der Waals surface area contributed by atoms with Gasteiger partial charge in [-0.1, -0.05) is 20.8 Å². The van der Waals surface area contributed by atoms with E-state index >= 15 is 0 Å². The van der Waals surface area contributed by atoms with Crippen LogP contribution >= 0.6 is 7.82 Å². The number of ether oxygens (including phenoxy) is 2. The molecular weight excluding hydrogens is 385 g/mol. The number of hydrogen-bond donors (Lipinski definition) is 2. The van der Waals surface area contributed by atoms with Gasteiger partial charge >= 0.3 is 7.82 Å². The lowest BCUT2D eigenvalue weighted by atomic mass is 9.90. The van der Waals surface area contributed by atoms with Gasteiger partial charge in [-0.2, -0.15) is 4.31 Å². The second-order valence-electron chi connectivity index (χ2n) is 8.34. The molecule has 0 spiro atoms. The molecule has 158 valence electrons. The highest BCUT2D eigenvalue weighted by Gasteiger charge is 2.34. The lowest BCUT2D eigenvalue weighted by Crippen LogP contribution is -2.51. The highest BCUT2D eigenvalue weighted by atomic mass is 32.2. The molecule has 0 saturated carbocycles. The van der Waals surface area contributed by atoms with Gasteiger partial charge in [-0.25, -0.2) is 13.0 Å². The molecule has 0 bridgehead atoms. The van der Waals surface area contributed by atoms with Gasteiger partial charge in [0, 0.05) is 12.1 Å². The van der Waals surface area contributed by atoms with Crippen molar-refractivity contribution in [3.63, 3.8) is 0 Å². The summed E-state index contributed by atoms with van der Waals surface area (Å²) in [7, 11) is -8.13. The third-order valence-electron chi connectivity index (χ3n) is 3.74. The van der Waals surface area contributed by atoms with Gasteiger partial charge in [0.15, 0.2) is 6.79 Å². The van der Waals surface area contributed by atoms with E-state index in [0.29, 0.717) is 0 Å². The Morgan fingerprint density at radius 3 is 1.96 bits per heavy atom. The fourth-order valence-electron chi connectivity index (χ4n) is 2.00. The minimum absolute atomic E-state index is 0.0403. The minimum Gasteiger partial charge on any atom is -0.371 e. The van der Waals surface area contributed by atoms with Crippen molar-refractivity contribution in [1.29, 1.82) is 0 Å². The predicted molar refractivity (Wildman–Crippen MR) is 99.0 cm³/mol. The third-order valence-corrected chi connectivity index (χ3v) is 5.68. The van der Waals surface area contributed by atoms with Crippen LogP contribution < -0.4 is 0 Å². The molecule has 0 aromatic heterocycles. The molecule has 0 rings (SSSR count). The van der Waals surface area contributed by atoms with Crippen LogP contribution in [0, 0.1) is 5.41 Å². The lowest BCUT2D eigenvalue weighted by Gasteiger charge is -2.38. The summed E-state index contributed by atoms with van der Waals surface area (Å²) in [4.78, 5) is 17.4. The molecule has 0 fully saturated rings. The maximum atomic E-state index is 12.2. The first-order chi connectivity index (χ1) is 11.3. The Morgan fingerprint density at radius 1 is 1.12 bits per heavy atom. The monoisotopic (exact) mass is 419 g/mol. The zero-order chi connectivity index (χ0) is 21.0. The smallest absolute Gasteiger partial charge is 0.371 e. The summed E-state index contributed by atoms with van der Waals surface area (Å²) in [6, 6.07) is 0. The third kappa shape index (κ3) is 10.9. The standard InChI is InChI=1S/C15H34NO8PS/c1-12(14(2,3)4)24-13(10-22-11-23-25(17,18)19)9-16(15(5,6)7)26(8,20)21/h12-13H,9-11H2,1-8H3,(H2,17,18,19)/t12-,13-/m0/s1. The van der Waals surface area contributed by atoms with Gasteiger partial charge in [0.1, 0.15) is 0 Å². The number of hydrogen-bond acceptors (Lipinski definition) is 6. The Bertz CT molecular complexity index is 575. The summed E-state index contributed by atoms with van der Waals surface area (Å²) < 4.78 is 51.7. The number of sulfonamides is 1. The largest absolute Gasteiger partial charge is 0.471 e. The second-order valence-corrected chi connectivity index (χ2v) is 11.5. The lowest BCUT2D eigenvalue weighted by molar-refractivity contribution is -0.112. The van der Waals surface area contributed by atoms with Gasteiger partial charge in [-0.3, -0.25) is 4.52 Å². The molecule has 2 N–H and O–H groups in total. The van der Waals surface area contributed by atoms with Crippen molar-refractivity contribution in [2.75, 3.05) is 26.2 Å². The van der Waals surface area contributed by atoms with Gasteiger partial charge < -0.3 is 19.3 Å². The van der Waals surface area contributed by atoms with Gasteiger partial charge in [-0.15, -0.1) is 0 Å². The van der Waals surface area contributed by atoms with E-state index in [2.05, 4.69) is 4.52 Å². The van der Waals surface area contributed by atoms with Crippen LogP contribution in [0.3, 0.4) is 0 Å². The molecule has 9 nitrogen and oxygen atoms in total. The quantitative estimate of drug-likeness (QED) is 0.313. The Balaban J connectivity index is 5.21. The molecular formula is C15H34NO8PS. The summed E-state index contributed by atoms with van der Waals surface area (Å²) >= 11 is 0. The van der Waals surface area contributed by atoms with Crippen LogP contribution in [0.4, 0.5) is 0 Å². The molecule has 0 heterocycles. The number of nitrogens with zero attached hydrogens (tertiary/aromatic N) is 1. The summed E-state index contributed by atoms with van der Waals surface area (Å²) in [5.74, 6) is 0. The zero-order valence-electron chi connectivity index (χ0n) is 16.9.